The van der Waals surface area contributed by atoms with Crippen LogP contribution in [0.25, 0.3) is 0 Å². The molecule has 0 bridgehead atoms. The predicted octanol–water partition coefficient (Wildman–Crippen LogP) is 3.83. The van der Waals surface area contributed by atoms with E-state index in [4.69, 9.17) is 5.26 Å². The Kier molecular flexibility index (Phi) is 2.82. The predicted molar refractivity (Wildman–Crippen MR) is 60.5 cm³/mol. The molecule has 0 atom stereocenters. The maximum atomic E-state index is 12.7. The molecule has 2 rings (SSSR count). The first-order valence-corrected chi connectivity index (χ1v) is 5.72. The van der Waals surface area contributed by atoms with Crippen molar-refractivity contribution < 1.29 is 13.2 Å². The van der Waals surface area contributed by atoms with E-state index in [-0.39, 0.29) is 24.1 Å². The van der Waals surface area contributed by atoms with E-state index in [1.165, 1.54) is 12.1 Å². The van der Waals surface area contributed by atoms with Crippen LogP contribution in [0.3, 0.4) is 0 Å². The Hall–Kier alpha value is -1.22. The molecule has 1 fully saturated rings. The van der Waals surface area contributed by atoms with Gasteiger partial charge in [-0.05, 0) is 31.0 Å². The number of rotatable bonds is 2. The standard InChI is InChI=1S/C11H8BrF3N2/c12-8-1-2-9(7(5-8)6-16)17-10(3-4-10)11(13,14)15/h1-2,5,17H,3-4H2. The monoisotopic (exact) mass is 304 g/mol. The highest BCUT2D eigenvalue weighted by Gasteiger charge is 2.63. The summed E-state index contributed by atoms with van der Waals surface area (Å²) >= 11 is 3.17. The maximum absolute atomic E-state index is 12.7. The summed E-state index contributed by atoms with van der Waals surface area (Å²) in [4.78, 5) is 0. The van der Waals surface area contributed by atoms with Crippen molar-refractivity contribution in [1.82, 2.24) is 0 Å². The van der Waals surface area contributed by atoms with E-state index in [0.717, 1.165) is 0 Å². The van der Waals surface area contributed by atoms with Crippen LogP contribution in [-0.4, -0.2) is 11.7 Å². The number of nitrogens with zero attached hydrogens (tertiary/aromatic N) is 1. The summed E-state index contributed by atoms with van der Waals surface area (Å²) in [6.07, 6.45) is -4.18. The van der Waals surface area contributed by atoms with Crippen molar-refractivity contribution in [2.75, 3.05) is 5.32 Å². The van der Waals surface area contributed by atoms with E-state index in [9.17, 15) is 13.2 Å². The molecule has 0 aromatic heterocycles. The van der Waals surface area contributed by atoms with Crippen LogP contribution in [-0.2, 0) is 0 Å². The minimum absolute atomic E-state index is 0.0530. The second-order valence-electron chi connectivity index (χ2n) is 4.01. The minimum atomic E-state index is -4.28. The van der Waals surface area contributed by atoms with Crippen molar-refractivity contribution in [1.29, 1.82) is 5.26 Å². The third-order valence-electron chi connectivity index (χ3n) is 2.77. The largest absolute Gasteiger partial charge is 0.411 e. The van der Waals surface area contributed by atoms with Gasteiger partial charge in [-0.15, -0.1) is 0 Å². The Morgan fingerprint density at radius 2 is 2.00 bits per heavy atom. The third kappa shape index (κ3) is 2.25. The highest BCUT2D eigenvalue weighted by atomic mass is 79.9. The fraction of sp³-hybridized carbons (Fsp3) is 0.364. The second kappa shape index (κ2) is 3.91. The van der Waals surface area contributed by atoms with Gasteiger partial charge in [-0.1, -0.05) is 15.9 Å². The molecular formula is C11H8BrF3N2. The SMILES string of the molecule is N#Cc1cc(Br)ccc1NC1(C(F)(F)F)CC1. The second-order valence-corrected chi connectivity index (χ2v) is 4.92. The Morgan fingerprint density at radius 3 is 2.47 bits per heavy atom. The molecule has 17 heavy (non-hydrogen) atoms. The van der Waals surface area contributed by atoms with E-state index >= 15 is 0 Å². The number of benzene rings is 1. The Bertz CT molecular complexity index is 486. The molecule has 0 amide bonds. The van der Waals surface area contributed by atoms with Crippen molar-refractivity contribution >= 4 is 21.6 Å². The smallest absolute Gasteiger partial charge is 0.370 e. The van der Waals surface area contributed by atoms with E-state index in [1.807, 2.05) is 6.07 Å². The molecule has 1 aliphatic carbocycles. The number of hydrogen-bond acceptors (Lipinski definition) is 2. The Balaban J connectivity index is 2.29. The third-order valence-corrected chi connectivity index (χ3v) is 3.26. The molecule has 6 heteroatoms. The van der Waals surface area contributed by atoms with E-state index < -0.39 is 11.7 Å². The number of alkyl halides is 3. The summed E-state index contributed by atoms with van der Waals surface area (Å²) in [6.45, 7) is 0. The van der Waals surface area contributed by atoms with Crippen molar-refractivity contribution in [3.63, 3.8) is 0 Å². The van der Waals surface area contributed by atoms with E-state index in [1.54, 1.807) is 6.07 Å². The lowest BCUT2D eigenvalue weighted by molar-refractivity contribution is -0.151. The molecule has 0 saturated heterocycles. The number of halogens is 4. The first kappa shape index (κ1) is 12.2. The lowest BCUT2D eigenvalue weighted by atomic mass is 10.1. The molecule has 2 nitrogen and oxygen atoms in total. The van der Waals surface area contributed by atoms with E-state index in [2.05, 4.69) is 21.2 Å². The molecule has 1 aromatic rings. The highest BCUT2D eigenvalue weighted by molar-refractivity contribution is 9.10. The highest BCUT2D eigenvalue weighted by Crippen LogP contribution is 2.51. The van der Waals surface area contributed by atoms with Gasteiger partial charge < -0.3 is 5.32 Å². The zero-order valence-electron chi connectivity index (χ0n) is 8.61. The molecular weight excluding hydrogens is 297 g/mol. The summed E-state index contributed by atoms with van der Waals surface area (Å²) < 4.78 is 38.9. The Labute approximate surface area is 105 Å². The molecule has 1 aromatic carbocycles. The number of hydrogen-bond donors (Lipinski definition) is 1. The van der Waals surface area contributed by atoms with Crippen molar-refractivity contribution in [2.24, 2.45) is 0 Å². The number of nitriles is 1. The topological polar surface area (TPSA) is 35.8 Å². The van der Waals surface area contributed by atoms with Crippen LogP contribution in [0.4, 0.5) is 18.9 Å². The average Bonchev–Trinajstić information content (AvgIpc) is 3.01. The van der Waals surface area contributed by atoms with Gasteiger partial charge in [-0.2, -0.15) is 18.4 Å². The quantitative estimate of drug-likeness (QED) is 0.901. The average molecular weight is 305 g/mol. The van der Waals surface area contributed by atoms with Gasteiger partial charge in [0.15, 0.2) is 0 Å². The van der Waals surface area contributed by atoms with Gasteiger partial charge in [0.2, 0.25) is 0 Å². The van der Waals surface area contributed by atoms with Gasteiger partial charge in [0.05, 0.1) is 11.3 Å². The molecule has 0 radical (unpaired) electrons. The van der Waals surface area contributed by atoms with Gasteiger partial charge in [0, 0.05) is 4.47 Å². The molecule has 0 spiro atoms. The molecule has 0 unspecified atom stereocenters. The van der Waals surface area contributed by atoms with Gasteiger partial charge in [-0.3, -0.25) is 0 Å². The number of anilines is 1. The fourth-order valence-electron chi connectivity index (χ4n) is 1.58. The summed E-state index contributed by atoms with van der Waals surface area (Å²) in [5.74, 6) is 0. The van der Waals surface area contributed by atoms with Crippen molar-refractivity contribution in [2.45, 2.75) is 24.6 Å². The lowest BCUT2D eigenvalue weighted by Gasteiger charge is -2.22. The summed E-state index contributed by atoms with van der Waals surface area (Å²) in [7, 11) is 0. The molecule has 1 N–H and O–H groups in total. The summed E-state index contributed by atoms with van der Waals surface area (Å²) in [5, 5.41) is 11.3. The normalized spacial score (nSPS) is 17.4. The Morgan fingerprint density at radius 1 is 1.35 bits per heavy atom. The molecule has 1 aliphatic rings. The van der Waals surface area contributed by atoms with Gasteiger partial charge >= 0.3 is 6.18 Å². The van der Waals surface area contributed by atoms with Crippen LogP contribution in [0.5, 0.6) is 0 Å². The first-order chi connectivity index (χ1) is 7.88. The minimum Gasteiger partial charge on any atom is -0.370 e. The van der Waals surface area contributed by atoms with Crippen molar-refractivity contribution in [3.05, 3.63) is 28.2 Å². The van der Waals surface area contributed by atoms with Gasteiger partial charge in [0.25, 0.3) is 0 Å². The zero-order chi connectivity index (χ0) is 12.7. The van der Waals surface area contributed by atoms with Crippen LogP contribution >= 0.6 is 15.9 Å². The first-order valence-electron chi connectivity index (χ1n) is 4.92. The maximum Gasteiger partial charge on any atom is 0.411 e. The van der Waals surface area contributed by atoms with Crippen LogP contribution in [0.2, 0.25) is 0 Å². The molecule has 1 saturated carbocycles. The van der Waals surface area contributed by atoms with Gasteiger partial charge in [-0.25, -0.2) is 0 Å². The fourth-order valence-corrected chi connectivity index (χ4v) is 1.94. The molecule has 0 heterocycles. The van der Waals surface area contributed by atoms with Crippen LogP contribution in [0.15, 0.2) is 22.7 Å². The van der Waals surface area contributed by atoms with Crippen LogP contribution < -0.4 is 5.32 Å². The van der Waals surface area contributed by atoms with Crippen LogP contribution in [0, 0.1) is 11.3 Å². The molecule has 0 aliphatic heterocycles. The summed E-state index contributed by atoms with van der Waals surface area (Å²) in [5.41, 5.74) is -1.41. The summed E-state index contributed by atoms with van der Waals surface area (Å²) in [6, 6.07) is 6.46. The molecule has 90 valence electrons. The van der Waals surface area contributed by atoms with Gasteiger partial charge in [0.1, 0.15) is 11.6 Å². The lowest BCUT2D eigenvalue weighted by Crippen LogP contribution is -2.38. The van der Waals surface area contributed by atoms with E-state index in [0.29, 0.717) is 4.47 Å². The zero-order valence-corrected chi connectivity index (χ0v) is 10.2. The van der Waals surface area contributed by atoms with Crippen molar-refractivity contribution in [3.8, 4) is 6.07 Å². The van der Waals surface area contributed by atoms with Crippen LogP contribution in [0.1, 0.15) is 18.4 Å². The number of nitrogens with one attached hydrogen (secondary N) is 1.